The van der Waals surface area contributed by atoms with Gasteiger partial charge in [0, 0.05) is 12.0 Å². The molecule has 0 aromatic rings. The van der Waals surface area contributed by atoms with Crippen molar-refractivity contribution in [3.05, 3.63) is 24.6 Å². The topological polar surface area (TPSA) is 28.0 Å². The van der Waals surface area contributed by atoms with Gasteiger partial charge in [-0.25, -0.2) is 0 Å². The van der Waals surface area contributed by atoms with Crippen LogP contribution in [0.15, 0.2) is 34.8 Å². The van der Waals surface area contributed by atoms with E-state index in [1.165, 1.54) is 18.0 Å². The standard InChI is InChI=1S/C8H9Cl2F2N3S/c9-7(10)15-4-3-13-14-8(15)16-5-1-2-6(11)12/h2-4,7-8H,1,5H2. The van der Waals surface area contributed by atoms with Crippen molar-refractivity contribution in [3.63, 3.8) is 0 Å². The number of thioether (sulfide) groups is 1. The van der Waals surface area contributed by atoms with E-state index in [1.54, 1.807) is 11.1 Å². The first-order valence-corrected chi connectivity index (χ1v) is 6.28. The van der Waals surface area contributed by atoms with Crippen LogP contribution < -0.4 is 0 Å². The molecule has 1 aliphatic rings. The summed E-state index contributed by atoms with van der Waals surface area (Å²) in [6.45, 7) is 0. The Morgan fingerprint density at radius 2 is 2.31 bits per heavy atom. The van der Waals surface area contributed by atoms with Crippen molar-refractivity contribution in [2.45, 2.75) is 16.9 Å². The molecule has 3 nitrogen and oxygen atoms in total. The van der Waals surface area contributed by atoms with Gasteiger partial charge in [0.05, 0.1) is 6.20 Å². The van der Waals surface area contributed by atoms with E-state index < -0.39 is 11.0 Å². The van der Waals surface area contributed by atoms with Crippen LogP contribution >= 0.6 is 35.0 Å². The molecule has 1 atom stereocenters. The number of rotatable bonds is 5. The van der Waals surface area contributed by atoms with Crippen LogP contribution in [0.25, 0.3) is 0 Å². The summed E-state index contributed by atoms with van der Waals surface area (Å²) >= 11 is 12.8. The third kappa shape index (κ3) is 4.67. The SMILES string of the molecule is FC(F)=CCCSC1N=NC=CN1C(Cl)Cl. The fourth-order valence-corrected chi connectivity index (χ4v) is 2.39. The smallest absolute Gasteiger partial charge is 0.266 e. The first kappa shape index (κ1) is 13.7. The van der Waals surface area contributed by atoms with Crippen molar-refractivity contribution in [3.8, 4) is 0 Å². The Labute approximate surface area is 106 Å². The highest BCUT2D eigenvalue weighted by atomic mass is 35.5. The van der Waals surface area contributed by atoms with Gasteiger partial charge in [0.15, 0.2) is 10.5 Å². The molecule has 1 unspecified atom stereocenters. The molecule has 1 rings (SSSR count). The first-order valence-electron chi connectivity index (χ1n) is 4.36. The van der Waals surface area contributed by atoms with Crippen molar-refractivity contribution < 1.29 is 8.78 Å². The Balaban J connectivity index is 2.37. The van der Waals surface area contributed by atoms with E-state index in [0.29, 0.717) is 5.75 Å². The maximum absolute atomic E-state index is 11.8. The zero-order valence-electron chi connectivity index (χ0n) is 8.06. The number of allylic oxidation sites excluding steroid dienone is 1. The van der Waals surface area contributed by atoms with Crippen LogP contribution in [0.3, 0.4) is 0 Å². The highest BCUT2D eigenvalue weighted by Crippen LogP contribution is 2.27. The summed E-state index contributed by atoms with van der Waals surface area (Å²) in [4.78, 5) is 0.845. The molecule has 1 heterocycles. The molecule has 16 heavy (non-hydrogen) atoms. The van der Waals surface area contributed by atoms with Gasteiger partial charge in [0.2, 0.25) is 0 Å². The summed E-state index contributed by atoms with van der Waals surface area (Å²) in [5.74, 6) is 0.492. The molecule has 90 valence electrons. The zero-order valence-corrected chi connectivity index (χ0v) is 10.4. The molecule has 0 spiro atoms. The second-order valence-electron chi connectivity index (χ2n) is 2.73. The Morgan fingerprint density at radius 1 is 1.56 bits per heavy atom. The molecule has 0 radical (unpaired) electrons. The van der Waals surface area contributed by atoms with Crippen LogP contribution in [-0.4, -0.2) is 21.1 Å². The molecule has 0 N–H and O–H groups in total. The minimum absolute atomic E-state index is 0.270. The third-order valence-corrected chi connectivity index (χ3v) is 3.19. The van der Waals surface area contributed by atoms with Crippen LogP contribution in [0, 0.1) is 0 Å². The fraction of sp³-hybridized carbons (Fsp3) is 0.500. The molecule has 1 aliphatic heterocycles. The maximum Gasteiger partial charge on any atom is 0.266 e. The van der Waals surface area contributed by atoms with E-state index >= 15 is 0 Å². The molecule has 0 fully saturated rings. The maximum atomic E-state index is 11.8. The van der Waals surface area contributed by atoms with Gasteiger partial charge in [0.25, 0.3) is 6.08 Å². The quantitative estimate of drug-likeness (QED) is 0.431. The van der Waals surface area contributed by atoms with E-state index in [1.807, 2.05) is 0 Å². The van der Waals surface area contributed by atoms with Gasteiger partial charge in [-0.3, -0.25) is 0 Å². The number of hydrogen-bond acceptors (Lipinski definition) is 4. The van der Waals surface area contributed by atoms with Crippen molar-refractivity contribution in [2.24, 2.45) is 10.2 Å². The normalized spacial score (nSPS) is 19.3. The van der Waals surface area contributed by atoms with Crippen LogP contribution in [0.2, 0.25) is 0 Å². The number of azo groups is 1. The Bertz CT molecular complexity index is 306. The van der Waals surface area contributed by atoms with E-state index in [2.05, 4.69) is 10.2 Å². The summed E-state index contributed by atoms with van der Waals surface area (Å²) in [5, 5.41) is 7.60. The largest absolute Gasteiger partial charge is 0.315 e. The summed E-state index contributed by atoms with van der Waals surface area (Å²) in [6.07, 6.45) is 2.55. The highest BCUT2D eigenvalue weighted by molar-refractivity contribution is 7.99. The summed E-state index contributed by atoms with van der Waals surface area (Å²) in [6, 6.07) is 0. The first-order chi connectivity index (χ1) is 7.61. The Hall–Kier alpha value is -0.330. The summed E-state index contributed by atoms with van der Waals surface area (Å²) in [5.41, 5.74) is -0.360. The van der Waals surface area contributed by atoms with E-state index in [0.717, 1.165) is 6.08 Å². The summed E-state index contributed by atoms with van der Waals surface area (Å²) < 4.78 is 23.5. The lowest BCUT2D eigenvalue weighted by atomic mass is 10.5. The van der Waals surface area contributed by atoms with Gasteiger partial charge in [-0.05, 0) is 12.5 Å². The molecular formula is C8H9Cl2F2N3S. The predicted molar refractivity (Wildman–Crippen MR) is 62.5 cm³/mol. The lowest BCUT2D eigenvalue weighted by molar-refractivity contribution is 0.371. The number of nitrogens with zero attached hydrogens (tertiary/aromatic N) is 3. The minimum Gasteiger partial charge on any atom is -0.315 e. The number of hydrogen-bond donors (Lipinski definition) is 0. The minimum atomic E-state index is -1.67. The molecule has 0 amide bonds. The Kier molecular flexibility index (Phi) is 6.08. The fourth-order valence-electron chi connectivity index (χ4n) is 0.958. The van der Waals surface area contributed by atoms with Gasteiger partial charge in [-0.15, -0.1) is 11.8 Å². The number of halogens is 4. The van der Waals surface area contributed by atoms with Crippen LogP contribution in [0.5, 0.6) is 0 Å². The van der Waals surface area contributed by atoms with Gasteiger partial charge < -0.3 is 4.90 Å². The molecule has 0 aromatic heterocycles. The highest BCUT2D eigenvalue weighted by Gasteiger charge is 2.21. The molecule has 0 aliphatic carbocycles. The average Bonchev–Trinajstić information content (AvgIpc) is 2.24. The molecule has 0 bridgehead atoms. The van der Waals surface area contributed by atoms with E-state index in [-0.39, 0.29) is 11.9 Å². The lowest BCUT2D eigenvalue weighted by Crippen LogP contribution is -2.31. The predicted octanol–water partition coefficient (Wildman–Crippen LogP) is 4.17. The molecule has 0 saturated carbocycles. The third-order valence-electron chi connectivity index (χ3n) is 1.63. The van der Waals surface area contributed by atoms with E-state index in [4.69, 9.17) is 23.2 Å². The molecular weight excluding hydrogens is 279 g/mol. The second-order valence-corrected chi connectivity index (χ2v) is 4.95. The molecule has 0 saturated heterocycles. The van der Waals surface area contributed by atoms with Crippen LogP contribution in [0.4, 0.5) is 8.78 Å². The second kappa shape index (κ2) is 7.09. The van der Waals surface area contributed by atoms with Gasteiger partial charge in [-0.1, -0.05) is 23.2 Å². The van der Waals surface area contributed by atoms with Crippen LogP contribution in [-0.2, 0) is 0 Å². The monoisotopic (exact) mass is 287 g/mol. The van der Waals surface area contributed by atoms with Gasteiger partial charge >= 0.3 is 0 Å². The zero-order chi connectivity index (χ0) is 12.0. The lowest BCUT2D eigenvalue weighted by Gasteiger charge is -2.28. The molecule has 0 aromatic carbocycles. The Morgan fingerprint density at radius 3 is 2.94 bits per heavy atom. The average molecular weight is 288 g/mol. The van der Waals surface area contributed by atoms with Gasteiger partial charge in [0.1, 0.15) is 0 Å². The van der Waals surface area contributed by atoms with E-state index in [9.17, 15) is 8.78 Å². The van der Waals surface area contributed by atoms with Crippen LogP contribution in [0.1, 0.15) is 6.42 Å². The van der Waals surface area contributed by atoms with Crippen molar-refractivity contribution in [2.75, 3.05) is 5.75 Å². The summed E-state index contributed by atoms with van der Waals surface area (Å²) in [7, 11) is 0. The van der Waals surface area contributed by atoms with Gasteiger partial charge in [-0.2, -0.15) is 19.0 Å². The van der Waals surface area contributed by atoms with Crippen molar-refractivity contribution >= 4 is 35.0 Å². The van der Waals surface area contributed by atoms with Crippen molar-refractivity contribution in [1.82, 2.24) is 4.90 Å². The van der Waals surface area contributed by atoms with Crippen molar-refractivity contribution in [1.29, 1.82) is 0 Å². The number of alkyl halides is 2. The molecule has 8 heteroatoms.